The smallest absolute Gasteiger partial charge is 0.221 e. The molecule has 0 spiro atoms. The number of aromatic amines is 1. The molecule has 23 heavy (non-hydrogen) atoms. The third-order valence-corrected chi connectivity index (χ3v) is 3.34. The summed E-state index contributed by atoms with van der Waals surface area (Å²) >= 11 is 0. The van der Waals surface area contributed by atoms with E-state index in [1.807, 2.05) is 10.8 Å². The normalized spacial score (nSPS) is 10.8. The highest BCUT2D eigenvalue weighted by Gasteiger charge is 2.06. The molecule has 9 heteroatoms. The van der Waals surface area contributed by atoms with Crippen LogP contribution in [0.2, 0.25) is 0 Å². The number of hydrogen-bond acceptors (Lipinski definition) is 6. The van der Waals surface area contributed by atoms with E-state index in [0.717, 1.165) is 18.5 Å². The van der Waals surface area contributed by atoms with E-state index in [4.69, 9.17) is 0 Å². The molecule has 0 aromatic carbocycles. The summed E-state index contributed by atoms with van der Waals surface area (Å²) in [5.74, 6) is 0.665. The number of carbonyl (C=O) groups excluding carboxylic acids is 1. The highest BCUT2D eigenvalue weighted by atomic mass is 16.1. The van der Waals surface area contributed by atoms with E-state index >= 15 is 0 Å². The number of amides is 1. The number of nitrogens with one attached hydrogen (secondary N) is 3. The maximum atomic E-state index is 11.8. The van der Waals surface area contributed by atoms with E-state index < -0.39 is 0 Å². The van der Waals surface area contributed by atoms with Crippen molar-refractivity contribution in [1.29, 1.82) is 0 Å². The molecule has 0 saturated carbocycles. The van der Waals surface area contributed by atoms with Gasteiger partial charge >= 0.3 is 0 Å². The van der Waals surface area contributed by atoms with Crippen molar-refractivity contribution in [3.05, 3.63) is 31.4 Å². The molecule has 0 fully saturated rings. The molecule has 3 N–H and O–H groups in total. The second-order valence-corrected chi connectivity index (χ2v) is 5.00. The molecule has 0 aliphatic carbocycles. The Hall–Kier alpha value is -2.97. The first-order valence-electron chi connectivity index (χ1n) is 7.43. The van der Waals surface area contributed by atoms with Crippen molar-refractivity contribution in [1.82, 2.24) is 34.8 Å². The summed E-state index contributed by atoms with van der Waals surface area (Å²) in [7, 11) is 0. The number of hydrogen-bond donors (Lipinski definition) is 3. The molecule has 120 valence electrons. The minimum Gasteiger partial charge on any atom is -0.368 e. The highest BCUT2D eigenvalue weighted by molar-refractivity contribution is 5.82. The van der Waals surface area contributed by atoms with Gasteiger partial charge in [0.25, 0.3) is 0 Å². The standard InChI is InChI=1S/C14H18N8O/c23-11(16-3-1-6-22-7-5-15-10-22)2-4-17-13-12-14(19-8-18-12)21-9-20-13/h5,7-10H,1-4,6H2,(H,16,23)(H2,17,18,19,20,21). The SMILES string of the molecule is O=C(CCNc1ncnc2nc[nH]c12)NCCCn1ccnc1. The van der Waals surface area contributed by atoms with Gasteiger partial charge in [-0.25, -0.2) is 19.9 Å². The van der Waals surface area contributed by atoms with Crippen molar-refractivity contribution in [3.8, 4) is 0 Å². The Bertz CT molecular complexity index is 751. The summed E-state index contributed by atoms with van der Waals surface area (Å²) in [5.41, 5.74) is 1.35. The molecule has 0 saturated heterocycles. The zero-order valence-corrected chi connectivity index (χ0v) is 12.6. The van der Waals surface area contributed by atoms with Crippen molar-refractivity contribution < 1.29 is 4.79 Å². The van der Waals surface area contributed by atoms with E-state index in [1.54, 1.807) is 18.9 Å². The quantitative estimate of drug-likeness (QED) is 0.524. The molecule has 0 aliphatic heterocycles. The summed E-state index contributed by atoms with van der Waals surface area (Å²) < 4.78 is 1.98. The number of aryl methyl sites for hydroxylation is 1. The Morgan fingerprint density at radius 2 is 2.22 bits per heavy atom. The van der Waals surface area contributed by atoms with Crippen LogP contribution in [0.4, 0.5) is 5.82 Å². The number of nitrogens with zero attached hydrogens (tertiary/aromatic N) is 5. The van der Waals surface area contributed by atoms with E-state index in [1.165, 1.54) is 6.33 Å². The maximum Gasteiger partial charge on any atom is 0.221 e. The van der Waals surface area contributed by atoms with Crippen LogP contribution in [0, 0.1) is 0 Å². The Labute approximate surface area is 132 Å². The maximum absolute atomic E-state index is 11.8. The van der Waals surface area contributed by atoms with Gasteiger partial charge in [-0.3, -0.25) is 4.79 Å². The van der Waals surface area contributed by atoms with Crippen LogP contribution in [0.5, 0.6) is 0 Å². The summed E-state index contributed by atoms with van der Waals surface area (Å²) in [6.45, 7) is 1.99. The van der Waals surface area contributed by atoms with Crippen molar-refractivity contribution in [2.24, 2.45) is 0 Å². The summed E-state index contributed by atoms with van der Waals surface area (Å²) in [5, 5.41) is 6.02. The second-order valence-electron chi connectivity index (χ2n) is 5.00. The van der Waals surface area contributed by atoms with Crippen molar-refractivity contribution in [2.45, 2.75) is 19.4 Å². The first-order chi connectivity index (χ1) is 11.3. The number of carbonyl (C=O) groups is 1. The van der Waals surface area contributed by atoms with Crippen molar-refractivity contribution >= 4 is 22.9 Å². The zero-order valence-electron chi connectivity index (χ0n) is 12.6. The fourth-order valence-electron chi connectivity index (χ4n) is 2.19. The van der Waals surface area contributed by atoms with Crippen LogP contribution in [0.3, 0.4) is 0 Å². The van der Waals surface area contributed by atoms with Crippen LogP contribution in [-0.4, -0.2) is 48.5 Å². The van der Waals surface area contributed by atoms with Gasteiger partial charge in [0, 0.05) is 38.4 Å². The van der Waals surface area contributed by atoms with E-state index in [9.17, 15) is 4.79 Å². The molecule has 0 bridgehead atoms. The van der Waals surface area contributed by atoms with Crippen LogP contribution in [-0.2, 0) is 11.3 Å². The Morgan fingerprint density at radius 3 is 3.09 bits per heavy atom. The minimum atomic E-state index is 0.0121. The molecule has 0 unspecified atom stereocenters. The molecule has 3 heterocycles. The number of imidazole rings is 2. The van der Waals surface area contributed by atoms with Gasteiger partial charge in [-0.2, -0.15) is 0 Å². The van der Waals surface area contributed by atoms with Gasteiger partial charge in [-0.15, -0.1) is 0 Å². The van der Waals surface area contributed by atoms with Gasteiger partial charge in [-0.05, 0) is 6.42 Å². The van der Waals surface area contributed by atoms with Gasteiger partial charge in [0.2, 0.25) is 5.91 Å². The predicted molar refractivity (Wildman–Crippen MR) is 84.6 cm³/mol. The Balaban J connectivity index is 1.35. The third kappa shape index (κ3) is 4.02. The van der Waals surface area contributed by atoms with Gasteiger partial charge in [0.1, 0.15) is 11.8 Å². The number of anilines is 1. The predicted octanol–water partition coefficient (Wildman–Crippen LogP) is 0.558. The van der Waals surface area contributed by atoms with Crippen LogP contribution in [0.25, 0.3) is 11.2 Å². The van der Waals surface area contributed by atoms with E-state index in [0.29, 0.717) is 31.0 Å². The third-order valence-electron chi connectivity index (χ3n) is 3.34. The molecule has 9 nitrogen and oxygen atoms in total. The average molecular weight is 314 g/mol. The first kappa shape index (κ1) is 14.9. The largest absolute Gasteiger partial charge is 0.368 e. The summed E-state index contributed by atoms with van der Waals surface area (Å²) in [6.07, 6.45) is 9.68. The van der Waals surface area contributed by atoms with Gasteiger partial charge < -0.3 is 20.2 Å². The molecular weight excluding hydrogens is 296 g/mol. The van der Waals surface area contributed by atoms with Crippen molar-refractivity contribution in [3.63, 3.8) is 0 Å². The highest BCUT2D eigenvalue weighted by Crippen LogP contribution is 2.13. The first-order valence-corrected chi connectivity index (χ1v) is 7.43. The Kier molecular flexibility index (Phi) is 4.77. The Morgan fingerprint density at radius 1 is 1.26 bits per heavy atom. The molecule has 0 aliphatic rings. The van der Waals surface area contributed by atoms with Crippen LogP contribution in [0.1, 0.15) is 12.8 Å². The molecule has 1 amide bonds. The lowest BCUT2D eigenvalue weighted by molar-refractivity contribution is -0.120. The fraction of sp³-hybridized carbons (Fsp3) is 0.357. The van der Waals surface area contributed by atoms with Gasteiger partial charge in [0.05, 0.1) is 12.7 Å². The molecule has 3 aromatic rings. The number of H-pyrrole nitrogens is 1. The molecule has 0 atom stereocenters. The molecular formula is C14H18N8O. The fourth-order valence-corrected chi connectivity index (χ4v) is 2.19. The lowest BCUT2D eigenvalue weighted by Crippen LogP contribution is -2.27. The van der Waals surface area contributed by atoms with Crippen LogP contribution < -0.4 is 10.6 Å². The van der Waals surface area contributed by atoms with Gasteiger partial charge in [-0.1, -0.05) is 0 Å². The number of fused-ring (bicyclic) bond motifs is 1. The zero-order chi connectivity index (χ0) is 15.9. The summed E-state index contributed by atoms with van der Waals surface area (Å²) in [6, 6.07) is 0. The van der Waals surface area contributed by atoms with Crippen molar-refractivity contribution in [2.75, 3.05) is 18.4 Å². The topological polar surface area (TPSA) is 113 Å². The number of aromatic nitrogens is 6. The van der Waals surface area contributed by atoms with E-state index in [2.05, 4.69) is 35.6 Å². The minimum absolute atomic E-state index is 0.0121. The summed E-state index contributed by atoms with van der Waals surface area (Å²) in [4.78, 5) is 31.0. The molecule has 3 aromatic heterocycles. The van der Waals surface area contributed by atoms with E-state index in [-0.39, 0.29) is 5.91 Å². The van der Waals surface area contributed by atoms with Crippen LogP contribution in [0.15, 0.2) is 31.4 Å². The lowest BCUT2D eigenvalue weighted by Gasteiger charge is -2.07. The average Bonchev–Trinajstić information content (AvgIpc) is 3.23. The number of rotatable bonds is 8. The molecule has 0 radical (unpaired) electrons. The monoisotopic (exact) mass is 314 g/mol. The van der Waals surface area contributed by atoms with Crippen LogP contribution >= 0.6 is 0 Å². The second kappa shape index (κ2) is 7.34. The lowest BCUT2D eigenvalue weighted by atomic mass is 10.3. The molecule has 3 rings (SSSR count). The van der Waals surface area contributed by atoms with Gasteiger partial charge in [0.15, 0.2) is 11.5 Å².